The van der Waals surface area contributed by atoms with Crippen molar-refractivity contribution in [1.82, 2.24) is 0 Å². The average Bonchev–Trinajstić information content (AvgIpc) is 2.44. The lowest BCUT2D eigenvalue weighted by Gasteiger charge is -2.16. The van der Waals surface area contributed by atoms with Crippen molar-refractivity contribution < 1.29 is 8.85 Å². The highest BCUT2D eigenvalue weighted by atomic mass is 28.4. The SMILES string of the molecule is C[Si](C)(C)OCCCCCCCCCCCCCCO[Si](C)(C)C. The van der Waals surface area contributed by atoms with Gasteiger partial charge in [-0.1, -0.05) is 64.2 Å². The molecule has 0 aromatic rings. The molecule has 4 heteroatoms. The number of hydrogen-bond donors (Lipinski definition) is 0. The third-order valence-corrected chi connectivity index (χ3v) is 6.25. The Morgan fingerprint density at radius 2 is 0.583 bits per heavy atom. The van der Waals surface area contributed by atoms with Gasteiger partial charge < -0.3 is 8.85 Å². The van der Waals surface area contributed by atoms with Crippen LogP contribution in [-0.2, 0) is 8.85 Å². The van der Waals surface area contributed by atoms with E-state index in [9.17, 15) is 0 Å². The van der Waals surface area contributed by atoms with Gasteiger partial charge in [0.2, 0.25) is 0 Å². The Bertz CT molecular complexity index is 242. The van der Waals surface area contributed by atoms with Crippen LogP contribution in [0.3, 0.4) is 0 Å². The Kier molecular flexibility index (Phi) is 14.7. The standard InChI is InChI=1S/C20H46O2Si2/c1-23(2,3)21-19-17-15-13-11-9-7-8-10-12-14-16-18-20-22-24(4,5)6/h7-20H2,1-6H3. The fourth-order valence-corrected chi connectivity index (χ4v) is 4.24. The molecular weight excluding hydrogens is 328 g/mol. The van der Waals surface area contributed by atoms with Crippen LogP contribution >= 0.6 is 0 Å². The predicted molar refractivity (Wildman–Crippen MR) is 114 cm³/mol. The fourth-order valence-electron chi connectivity index (χ4n) is 2.73. The molecule has 0 fully saturated rings. The van der Waals surface area contributed by atoms with Crippen LogP contribution in [0.4, 0.5) is 0 Å². The van der Waals surface area contributed by atoms with Crippen LogP contribution in [0.1, 0.15) is 77.0 Å². The van der Waals surface area contributed by atoms with Gasteiger partial charge in [0.05, 0.1) is 0 Å². The van der Waals surface area contributed by atoms with Crippen molar-refractivity contribution in [3.8, 4) is 0 Å². The maximum absolute atomic E-state index is 5.89. The van der Waals surface area contributed by atoms with Crippen LogP contribution in [0.2, 0.25) is 39.3 Å². The molecule has 0 unspecified atom stereocenters. The van der Waals surface area contributed by atoms with Crippen molar-refractivity contribution in [2.45, 2.75) is 116 Å². The summed E-state index contributed by atoms with van der Waals surface area (Å²) < 4.78 is 11.8. The maximum atomic E-state index is 5.89. The Balaban J connectivity index is 3.08. The third-order valence-electron chi connectivity index (χ3n) is 4.11. The van der Waals surface area contributed by atoms with E-state index in [2.05, 4.69) is 39.3 Å². The van der Waals surface area contributed by atoms with E-state index in [1.54, 1.807) is 0 Å². The molecular formula is C20H46O2Si2. The zero-order valence-corrected chi connectivity index (χ0v) is 19.7. The molecule has 0 aliphatic rings. The molecule has 0 spiro atoms. The molecule has 0 aromatic carbocycles. The van der Waals surface area contributed by atoms with E-state index in [1.165, 1.54) is 77.0 Å². The molecule has 0 radical (unpaired) electrons. The first kappa shape index (κ1) is 24.4. The van der Waals surface area contributed by atoms with Crippen molar-refractivity contribution in [2.75, 3.05) is 13.2 Å². The second-order valence-corrected chi connectivity index (χ2v) is 18.2. The number of hydrogen-bond acceptors (Lipinski definition) is 2. The van der Waals surface area contributed by atoms with Gasteiger partial charge in [-0.2, -0.15) is 0 Å². The van der Waals surface area contributed by atoms with Crippen LogP contribution in [0.5, 0.6) is 0 Å². The zero-order chi connectivity index (χ0) is 18.3. The minimum absolute atomic E-state index is 0.985. The van der Waals surface area contributed by atoms with Gasteiger partial charge in [-0.15, -0.1) is 0 Å². The molecule has 0 N–H and O–H groups in total. The molecule has 24 heavy (non-hydrogen) atoms. The van der Waals surface area contributed by atoms with Crippen molar-refractivity contribution >= 4 is 16.6 Å². The first-order chi connectivity index (χ1) is 11.2. The Morgan fingerprint density at radius 3 is 0.792 bits per heavy atom. The highest BCUT2D eigenvalue weighted by Crippen LogP contribution is 2.13. The molecule has 0 atom stereocenters. The molecule has 0 saturated heterocycles. The molecule has 0 bridgehead atoms. The molecule has 0 saturated carbocycles. The fraction of sp³-hybridized carbons (Fsp3) is 1.00. The van der Waals surface area contributed by atoms with Gasteiger partial charge in [0.1, 0.15) is 0 Å². The van der Waals surface area contributed by atoms with E-state index in [4.69, 9.17) is 8.85 Å². The second-order valence-electron chi connectivity index (χ2n) is 9.16. The van der Waals surface area contributed by atoms with E-state index in [1.807, 2.05) is 0 Å². The van der Waals surface area contributed by atoms with E-state index in [-0.39, 0.29) is 0 Å². The summed E-state index contributed by atoms with van der Waals surface area (Å²) in [7, 11) is -2.55. The summed E-state index contributed by atoms with van der Waals surface area (Å²) in [5, 5.41) is 0. The lowest BCUT2D eigenvalue weighted by molar-refractivity contribution is 0.297. The van der Waals surface area contributed by atoms with E-state index < -0.39 is 16.6 Å². The first-order valence-corrected chi connectivity index (χ1v) is 17.3. The van der Waals surface area contributed by atoms with Gasteiger partial charge in [0.25, 0.3) is 0 Å². The summed E-state index contributed by atoms with van der Waals surface area (Å²) in [6, 6.07) is 0. The van der Waals surface area contributed by atoms with Crippen LogP contribution in [-0.4, -0.2) is 29.8 Å². The Hall–Kier alpha value is 0.354. The van der Waals surface area contributed by atoms with Crippen molar-refractivity contribution in [3.63, 3.8) is 0 Å². The first-order valence-electron chi connectivity index (χ1n) is 10.5. The van der Waals surface area contributed by atoms with E-state index in [0.717, 1.165) is 13.2 Å². The van der Waals surface area contributed by atoms with Gasteiger partial charge in [-0.05, 0) is 52.1 Å². The molecule has 0 aromatic heterocycles. The highest BCUT2D eigenvalue weighted by Gasteiger charge is 2.13. The quantitative estimate of drug-likeness (QED) is 0.195. The zero-order valence-electron chi connectivity index (χ0n) is 17.7. The van der Waals surface area contributed by atoms with E-state index in [0.29, 0.717) is 0 Å². The Morgan fingerprint density at radius 1 is 0.375 bits per heavy atom. The topological polar surface area (TPSA) is 18.5 Å². The van der Waals surface area contributed by atoms with Crippen LogP contribution in [0, 0.1) is 0 Å². The highest BCUT2D eigenvalue weighted by molar-refractivity contribution is 6.70. The third kappa shape index (κ3) is 22.4. The van der Waals surface area contributed by atoms with Gasteiger partial charge in [0, 0.05) is 13.2 Å². The van der Waals surface area contributed by atoms with Gasteiger partial charge in [-0.25, -0.2) is 0 Å². The van der Waals surface area contributed by atoms with Gasteiger partial charge in [0.15, 0.2) is 16.6 Å². The summed E-state index contributed by atoms with van der Waals surface area (Å²) >= 11 is 0. The molecule has 146 valence electrons. The predicted octanol–water partition coefficient (Wildman–Crippen LogP) is 7.37. The molecule has 0 heterocycles. The number of unbranched alkanes of at least 4 members (excludes halogenated alkanes) is 11. The lowest BCUT2D eigenvalue weighted by atomic mass is 10.1. The van der Waals surface area contributed by atoms with Crippen molar-refractivity contribution in [2.24, 2.45) is 0 Å². The smallest absolute Gasteiger partial charge is 0.183 e. The minimum Gasteiger partial charge on any atom is -0.418 e. The Labute approximate surface area is 155 Å². The summed E-state index contributed by atoms with van der Waals surface area (Å²) in [4.78, 5) is 0. The van der Waals surface area contributed by atoms with Crippen molar-refractivity contribution in [3.05, 3.63) is 0 Å². The largest absolute Gasteiger partial charge is 0.418 e. The molecule has 0 aliphatic heterocycles. The van der Waals surface area contributed by atoms with E-state index >= 15 is 0 Å². The monoisotopic (exact) mass is 374 g/mol. The molecule has 0 aliphatic carbocycles. The average molecular weight is 375 g/mol. The molecule has 2 nitrogen and oxygen atoms in total. The number of rotatable bonds is 17. The van der Waals surface area contributed by atoms with Crippen molar-refractivity contribution in [1.29, 1.82) is 0 Å². The maximum Gasteiger partial charge on any atom is 0.183 e. The molecule has 0 amide bonds. The summed E-state index contributed by atoms with van der Waals surface area (Å²) in [6.07, 6.45) is 16.6. The summed E-state index contributed by atoms with van der Waals surface area (Å²) in [5.41, 5.74) is 0. The van der Waals surface area contributed by atoms with Gasteiger partial charge >= 0.3 is 0 Å². The lowest BCUT2D eigenvalue weighted by Crippen LogP contribution is -2.25. The minimum atomic E-state index is -1.28. The van der Waals surface area contributed by atoms with Crippen LogP contribution in [0.15, 0.2) is 0 Å². The summed E-state index contributed by atoms with van der Waals surface area (Å²) in [6.45, 7) is 15.6. The molecule has 0 rings (SSSR count). The summed E-state index contributed by atoms with van der Waals surface area (Å²) in [5.74, 6) is 0. The second kappa shape index (κ2) is 14.5. The van der Waals surface area contributed by atoms with Gasteiger partial charge in [-0.3, -0.25) is 0 Å². The van der Waals surface area contributed by atoms with Crippen LogP contribution in [0.25, 0.3) is 0 Å². The van der Waals surface area contributed by atoms with Crippen LogP contribution < -0.4 is 0 Å². The normalized spacial score (nSPS) is 12.8.